The van der Waals surface area contributed by atoms with Crippen molar-refractivity contribution in [2.24, 2.45) is 5.92 Å². The molecule has 0 aromatic heterocycles. The van der Waals surface area contributed by atoms with E-state index in [1.807, 2.05) is 0 Å². The highest BCUT2D eigenvalue weighted by Gasteiger charge is 2.37. The van der Waals surface area contributed by atoms with Crippen LogP contribution in [0.1, 0.15) is 84.0 Å². The molecule has 0 heterocycles. The molecular weight excluding hydrogens is 246 g/mol. The van der Waals surface area contributed by atoms with Crippen molar-refractivity contribution < 1.29 is 4.74 Å². The fraction of sp³-hybridized carbons (Fsp3) is 1.00. The number of hydrogen-bond acceptors (Lipinski definition) is 2. The van der Waals surface area contributed by atoms with E-state index >= 15 is 0 Å². The van der Waals surface area contributed by atoms with Gasteiger partial charge in [-0.25, -0.2) is 0 Å². The topological polar surface area (TPSA) is 21.3 Å². The van der Waals surface area contributed by atoms with E-state index in [4.69, 9.17) is 4.74 Å². The summed E-state index contributed by atoms with van der Waals surface area (Å²) < 4.78 is 6.70. The molecule has 118 valence electrons. The van der Waals surface area contributed by atoms with Crippen molar-refractivity contribution in [3.63, 3.8) is 0 Å². The molecule has 0 spiro atoms. The average Bonchev–Trinajstić information content (AvgIpc) is 2.71. The van der Waals surface area contributed by atoms with Crippen LogP contribution in [0, 0.1) is 5.92 Å². The molecule has 0 bridgehead atoms. The largest absolute Gasteiger partial charge is 0.370 e. The zero-order valence-electron chi connectivity index (χ0n) is 13.8. The molecule has 0 saturated heterocycles. The van der Waals surface area contributed by atoms with E-state index in [0.29, 0.717) is 6.10 Å². The Bertz CT molecular complexity index is 250. The van der Waals surface area contributed by atoms with Gasteiger partial charge in [0.2, 0.25) is 0 Å². The minimum absolute atomic E-state index is 0.147. The van der Waals surface area contributed by atoms with Crippen LogP contribution in [0.4, 0.5) is 0 Å². The van der Waals surface area contributed by atoms with Crippen LogP contribution in [0.5, 0.6) is 0 Å². The molecule has 20 heavy (non-hydrogen) atoms. The van der Waals surface area contributed by atoms with Crippen LogP contribution in [-0.2, 0) is 4.74 Å². The van der Waals surface area contributed by atoms with Crippen molar-refractivity contribution in [2.75, 3.05) is 13.6 Å². The Morgan fingerprint density at radius 1 is 1.00 bits per heavy atom. The summed E-state index contributed by atoms with van der Waals surface area (Å²) >= 11 is 0. The molecule has 2 rings (SSSR count). The number of nitrogens with one attached hydrogen (secondary N) is 1. The van der Waals surface area contributed by atoms with Gasteiger partial charge in [0.25, 0.3) is 0 Å². The van der Waals surface area contributed by atoms with Gasteiger partial charge in [-0.1, -0.05) is 45.4 Å². The first-order chi connectivity index (χ1) is 9.78. The van der Waals surface area contributed by atoms with Crippen LogP contribution in [0.3, 0.4) is 0 Å². The predicted molar refractivity (Wildman–Crippen MR) is 86.1 cm³/mol. The lowest BCUT2D eigenvalue weighted by molar-refractivity contribution is -0.121. The summed E-state index contributed by atoms with van der Waals surface area (Å²) in [6, 6.07) is 0. The van der Waals surface area contributed by atoms with Gasteiger partial charge in [-0.05, 0) is 51.5 Å². The van der Waals surface area contributed by atoms with Crippen LogP contribution in [0.15, 0.2) is 0 Å². The van der Waals surface area contributed by atoms with E-state index in [1.165, 1.54) is 77.0 Å². The Morgan fingerprint density at radius 2 is 1.65 bits per heavy atom. The fourth-order valence-electron chi connectivity index (χ4n) is 4.27. The first-order valence-corrected chi connectivity index (χ1v) is 9.10. The average molecular weight is 281 g/mol. The van der Waals surface area contributed by atoms with Crippen LogP contribution >= 0.6 is 0 Å². The number of likely N-dealkylation sites (N-methyl/N-ethyl adjacent to an activating group) is 1. The molecule has 2 saturated carbocycles. The quantitative estimate of drug-likeness (QED) is 0.714. The van der Waals surface area contributed by atoms with Crippen LogP contribution in [0.2, 0.25) is 0 Å². The molecule has 0 aromatic carbocycles. The SMILES string of the molecule is CCCC1CCC(CNC)(OC2CCCCCC2)CC1. The predicted octanol–water partition coefficient (Wildman–Crippen LogP) is 4.67. The van der Waals surface area contributed by atoms with E-state index in [1.54, 1.807) is 0 Å². The van der Waals surface area contributed by atoms with E-state index < -0.39 is 0 Å². The van der Waals surface area contributed by atoms with Crippen molar-refractivity contribution in [3.05, 3.63) is 0 Å². The Labute approximate surface area is 126 Å². The zero-order valence-corrected chi connectivity index (χ0v) is 13.8. The molecule has 0 aromatic rings. The normalized spacial score (nSPS) is 33.0. The smallest absolute Gasteiger partial charge is 0.0810 e. The monoisotopic (exact) mass is 281 g/mol. The molecular formula is C18H35NO. The molecule has 0 amide bonds. The van der Waals surface area contributed by atoms with Crippen molar-refractivity contribution in [1.29, 1.82) is 0 Å². The van der Waals surface area contributed by atoms with E-state index in [9.17, 15) is 0 Å². The van der Waals surface area contributed by atoms with Crippen molar-refractivity contribution >= 4 is 0 Å². The van der Waals surface area contributed by atoms with E-state index in [0.717, 1.165) is 12.5 Å². The molecule has 2 aliphatic carbocycles. The van der Waals surface area contributed by atoms with Gasteiger partial charge in [0, 0.05) is 6.54 Å². The molecule has 0 radical (unpaired) electrons. The molecule has 1 N–H and O–H groups in total. The van der Waals surface area contributed by atoms with Crippen LogP contribution in [0.25, 0.3) is 0 Å². The van der Waals surface area contributed by atoms with Crippen LogP contribution in [-0.4, -0.2) is 25.3 Å². The van der Waals surface area contributed by atoms with Gasteiger partial charge in [0.1, 0.15) is 0 Å². The third kappa shape index (κ3) is 4.73. The van der Waals surface area contributed by atoms with Gasteiger partial charge in [-0.3, -0.25) is 0 Å². The van der Waals surface area contributed by atoms with Gasteiger partial charge in [-0.2, -0.15) is 0 Å². The summed E-state index contributed by atoms with van der Waals surface area (Å²) in [5.41, 5.74) is 0.147. The summed E-state index contributed by atoms with van der Waals surface area (Å²) in [7, 11) is 2.08. The van der Waals surface area contributed by atoms with Gasteiger partial charge < -0.3 is 10.1 Å². The van der Waals surface area contributed by atoms with Crippen LogP contribution < -0.4 is 5.32 Å². The lowest BCUT2D eigenvalue weighted by Gasteiger charge is -2.42. The highest BCUT2D eigenvalue weighted by Crippen LogP contribution is 2.38. The van der Waals surface area contributed by atoms with Gasteiger partial charge in [0.05, 0.1) is 11.7 Å². The second kappa shape index (κ2) is 8.38. The van der Waals surface area contributed by atoms with Crippen molar-refractivity contribution in [3.8, 4) is 0 Å². The van der Waals surface area contributed by atoms with Crippen molar-refractivity contribution in [2.45, 2.75) is 95.7 Å². The van der Waals surface area contributed by atoms with Gasteiger partial charge in [-0.15, -0.1) is 0 Å². The Kier molecular flexibility index (Phi) is 6.83. The third-order valence-corrected chi connectivity index (χ3v) is 5.43. The van der Waals surface area contributed by atoms with Crippen molar-refractivity contribution in [1.82, 2.24) is 5.32 Å². The Balaban J connectivity index is 1.88. The maximum Gasteiger partial charge on any atom is 0.0810 e. The first kappa shape index (κ1) is 16.3. The summed E-state index contributed by atoms with van der Waals surface area (Å²) in [4.78, 5) is 0. The summed E-state index contributed by atoms with van der Waals surface area (Å²) in [6.45, 7) is 3.36. The Morgan fingerprint density at radius 3 is 2.20 bits per heavy atom. The summed E-state index contributed by atoms with van der Waals surface area (Å²) in [6.07, 6.45) is 16.8. The highest BCUT2D eigenvalue weighted by molar-refractivity contribution is 4.90. The maximum absolute atomic E-state index is 6.70. The minimum atomic E-state index is 0.147. The lowest BCUT2D eigenvalue weighted by Crippen LogP contribution is -2.47. The zero-order chi connectivity index (χ0) is 14.3. The second-order valence-electron chi connectivity index (χ2n) is 7.18. The summed E-state index contributed by atoms with van der Waals surface area (Å²) in [5, 5.41) is 3.41. The van der Waals surface area contributed by atoms with E-state index in [2.05, 4.69) is 19.3 Å². The molecule has 2 heteroatoms. The van der Waals surface area contributed by atoms with E-state index in [-0.39, 0.29) is 5.60 Å². The molecule has 2 fully saturated rings. The third-order valence-electron chi connectivity index (χ3n) is 5.43. The molecule has 2 aliphatic rings. The highest BCUT2D eigenvalue weighted by atomic mass is 16.5. The summed E-state index contributed by atoms with van der Waals surface area (Å²) in [5.74, 6) is 0.961. The van der Waals surface area contributed by atoms with Gasteiger partial charge >= 0.3 is 0 Å². The first-order valence-electron chi connectivity index (χ1n) is 9.10. The van der Waals surface area contributed by atoms with Gasteiger partial charge in [0.15, 0.2) is 0 Å². The molecule has 2 nitrogen and oxygen atoms in total. The second-order valence-corrected chi connectivity index (χ2v) is 7.18. The number of hydrogen-bond donors (Lipinski definition) is 1. The molecule has 0 aliphatic heterocycles. The minimum Gasteiger partial charge on any atom is -0.370 e. The number of ether oxygens (including phenoxy) is 1. The maximum atomic E-state index is 6.70. The fourth-order valence-corrected chi connectivity index (χ4v) is 4.27. The Hall–Kier alpha value is -0.0800. The lowest BCUT2D eigenvalue weighted by atomic mass is 9.76. The standard InChI is InChI=1S/C18H35NO/c1-3-8-16-11-13-18(14-12-16,15-19-2)20-17-9-6-4-5-7-10-17/h16-17,19H,3-15H2,1-2H3. The molecule has 0 unspecified atom stereocenters. The number of rotatable bonds is 6. The molecule has 0 atom stereocenters.